The highest BCUT2D eigenvalue weighted by atomic mass is 35.5. The highest BCUT2D eigenvalue weighted by Gasteiger charge is 2.20. The first kappa shape index (κ1) is 16.9. The Bertz CT molecular complexity index is 963. The van der Waals surface area contributed by atoms with E-state index in [1.165, 1.54) is 6.20 Å². The summed E-state index contributed by atoms with van der Waals surface area (Å²) >= 11 is 12.1. The number of hydrogen-bond donors (Lipinski definition) is 2. The van der Waals surface area contributed by atoms with E-state index in [0.717, 1.165) is 5.69 Å². The average molecular weight is 369 g/mol. The van der Waals surface area contributed by atoms with Crippen molar-refractivity contribution < 1.29 is 0 Å². The van der Waals surface area contributed by atoms with Gasteiger partial charge in [-0.05, 0) is 26.8 Å². The van der Waals surface area contributed by atoms with Crippen LogP contribution in [-0.4, -0.2) is 24.3 Å². The number of rotatable bonds is 3. The average Bonchev–Trinajstić information content (AvgIpc) is 3.02. The maximum Gasteiger partial charge on any atom is 0.263 e. The van der Waals surface area contributed by atoms with Gasteiger partial charge in [-0.2, -0.15) is 10.1 Å². The lowest BCUT2D eigenvalue weighted by molar-refractivity contribution is 0.366. The molecule has 7 nitrogen and oxygen atoms in total. The summed E-state index contributed by atoms with van der Waals surface area (Å²) in [7, 11) is 1.82. The van der Waals surface area contributed by atoms with Crippen LogP contribution in [0.4, 0.5) is 5.95 Å². The summed E-state index contributed by atoms with van der Waals surface area (Å²) in [5, 5.41) is 8.79. The second-order valence-corrected chi connectivity index (χ2v) is 7.33. The van der Waals surface area contributed by atoms with Crippen LogP contribution in [0.25, 0.3) is 11.0 Å². The summed E-state index contributed by atoms with van der Waals surface area (Å²) in [4.78, 5) is 19.5. The van der Waals surface area contributed by atoms with Crippen LogP contribution in [0.2, 0.25) is 10.2 Å². The van der Waals surface area contributed by atoms with Crippen molar-refractivity contribution in [2.75, 3.05) is 5.32 Å². The standard InChI is InChI=1S/C15H18Cl2N6O/c1-15(2,3)23-12-9(7-19-23)13(24)21-14(20-12)18-6-8-5-10(16)11(17)22(8)4/h5,7H,6H2,1-4H3,(H2,18,20,21,24). The van der Waals surface area contributed by atoms with Crippen LogP contribution in [-0.2, 0) is 19.1 Å². The SMILES string of the molecule is Cn1c(CNc2nc3c(cnn3C(C)(C)C)c(=O)[nH]2)cc(Cl)c1Cl. The van der Waals surface area contributed by atoms with Crippen molar-refractivity contribution in [3.8, 4) is 0 Å². The first-order valence-electron chi connectivity index (χ1n) is 7.40. The van der Waals surface area contributed by atoms with Crippen molar-refractivity contribution in [1.82, 2.24) is 24.3 Å². The largest absolute Gasteiger partial charge is 0.350 e. The molecule has 24 heavy (non-hydrogen) atoms. The van der Waals surface area contributed by atoms with E-state index < -0.39 is 0 Å². The predicted molar refractivity (Wildman–Crippen MR) is 95.9 cm³/mol. The Morgan fingerprint density at radius 2 is 2.04 bits per heavy atom. The molecule has 2 N–H and O–H groups in total. The van der Waals surface area contributed by atoms with Crippen molar-refractivity contribution >= 4 is 40.2 Å². The van der Waals surface area contributed by atoms with Crippen LogP contribution < -0.4 is 10.9 Å². The smallest absolute Gasteiger partial charge is 0.263 e. The fraction of sp³-hybridized carbons (Fsp3) is 0.400. The van der Waals surface area contributed by atoms with Crippen LogP contribution in [0, 0.1) is 0 Å². The predicted octanol–water partition coefficient (Wildman–Crippen LogP) is 3.13. The first-order valence-corrected chi connectivity index (χ1v) is 8.16. The van der Waals surface area contributed by atoms with Crippen molar-refractivity contribution in [3.05, 3.63) is 38.5 Å². The molecule has 0 spiro atoms. The van der Waals surface area contributed by atoms with Crippen LogP contribution >= 0.6 is 23.2 Å². The third kappa shape index (κ3) is 2.89. The van der Waals surface area contributed by atoms with Gasteiger partial charge in [0.2, 0.25) is 5.95 Å². The number of H-pyrrole nitrogens is 1. The minimum Gasteiger partial charge on any atom is -0.350 e. The van der Waals surface area contributed by atoms with Gasteiger partial charge in [0.25, 0.3) is 5.56 Å². The first-order chi connectivity index (χ1) is 11.2. The van der Waals surface area contributed by atoms with E-state index >= 15 is 0 Å². The Kier molecular flexibility index (Phi) is 4.09. The summed E-state index contributed by atoms with van der Waals surface area (Å²) in [6, 6.07) is 1.77. The quantitative estimate of drug-likeness (QED) is 0.743. The lowest BCUT2D eigenvalue weighted by Crippen LogP contribution is -2.24. The molecule has 0 amide bonds. The molecule has 0 saturated heterocycles. The van der Waals surface area contributed by atoms with Gasteiger partial charge in [0.05, 0.1) is 23.3 Å². The summed E-state index contributed by atoms with van der Waals surface area (Å²) in [5.41, 5.74) is 0.897. The van der Waals surface area contributed by atoms with Gasteiger partial charge in [-0.25, -0.2) is 4.68 Å². The zero-order valence-corrected chi connectivity index (χ0v) is 15.3. The zero-order valence-electron chi connectivity index (χ0n) is 13.8. The molecular formula is C15H18Cl2N6O. The summed E-state index contributed by atoms with van der Waals surface area (Å²) in [5.74, 6) is 0.368. The molecule has 0 atom stereocenters. The molecule has 3 heterocycles. The summed E-state index contributed by atoms with van der Waals surface area (Å²) < 4.78 is 3.51. The van der Waals surface area contributed by atoms with E-state index in [1.807, 2.05) is 27.8 Å². The normalized spacial score (nSPS) is 12.1. The number of hydrogen-bond acceptors (Lipinski definition) is 4. The minimum atomic E-state index is -0.279. The van der Waals surface area contributed by atoms with E-state index in [0.29, 0.717) is 33.7 Å². The van der Waals surface area contributed by atoms with Gasteiger partial charge in [-0.3, -0.25) is 9.78 Å². The number of nitrogens with zero attached hydrogens (tertiary/aromatic N) is 4. The molecule has 3 rings (SSSR count). The van der Waals surface area contributed by atoms with Crippen molar-refractivity contribution in [2.24, 2.45) is 7.05 Å². The molecule has 9 heteroatoms. The third-order valence-electron chi connectivity index (χ3n) is 3.73. The zero-order chi connectivity index (χ0) is 17.6. The topological polar surface area (TPSA) is 80.5 Å². The van der Waals surface area contributed by atoms with E-state index in [2.05, 4.69) is 20.4 Å². The highest BCUT2D eigenvalue weighted by Crippen LogP contribution is 2.25. The Hall–Kier alpha value is -1.99. The van der Waals surface area contributed by atoms with Crippen LogP contribution in [0.5, 0.6) is 0 Å². The van der Waals surface area contributed by atoms with Crippen molar-refractivity contribution in [2.45, 2.75) is 32.9 Å². The molecule has 0 unspecified atom stereocenters. The van der Waals surface area contributed by atoms with Gasteiger partial charge in [-0.1, -0.05) is 23.2 Å². The number of nitrogens with one attached hydrogen (secondary N) is 2. The molecule has 0 fully saturated rings. The minimum absolute atomic E-state index is 0.235. The molecule has 0 aliphatic heterocycles. The lowest BCUT2D eigenvalue weighted by Gasteiger charge is -2.19. The summed E-state index contributed by atoms with van der Waals surface area (Å²) in [6.07, 6.45) is 1.53. The molecule has 0 aliphatic rings. The van der Waals surface area contributed by atoms with E-state index in [9.17, 15) is 4.79 Å². The van der Waals surface area contributed by atoms with Crippen LogP contribution in [0.1, 0.15) is 26.5 Å². The third-order valence-corrected chi connectivity index (χ3v) is 4.57. The molecule has 0 bridgehead atoms. The Morgan fingerprint density at radius 3 is 2.62 bits per heavy atom. The van der Waals surface area contributed by atoms with Crippen molar-refractivity contribution in [1.29, 1.82) is 0 Å². The maximum atomic E-state index is 12.2. The van der Waals surface area contributed by atoms with E-state index in [1.54, 1.807) is 15.3 Å². The van der Waals surface area contributed by atoms with E-state index in [4.69, 9.17) is 23.2 Å². The van der Waals surface area contributed by atoms with Crippen LogP contribution in [0.15, 0.2) is 17.1 Å². The van der Waals surface area contributed by atoms with Gasteiger partial charge >= 0.3 is 0 Å². The van der Waals surface area contributed by atoms with Crippen LogP contribution in [0.3, 0.4) is 0 Å². The Labute approximate surface area is 148 Å². The molecule has 3 aromatic rings. The van der Waals surface area contributed by atoms with Gasteiger partial charge in [-0.15, -0.1) is 0 Å². The van der Waals surface area contributed by atoms with Gasteiger partial charge in [0, 0.05) is 12.7 Å². The second-order valence-electron chi connectivity index (χ2n) is 6.57. The van der Waals surface area contributed by atoms with E-state index in [-0.39, 0.29) is 11.1 Å². The maximum absolute atomic E-state index is 12.2. The fourth-order valence-corrected chi connectivity index (χ4v) is 2.84. The molecule has 0 aromatic carbocycles. The number of fused-ring (bicyclic) bond motifs is 1. The molecule has 0 saturated carbocycles. The molecule has 3 aromatic heterocycles. The summed E-state index contributed by atoms with van der Waals surface area (Å²) in [6.45, 7) is 6.43. The molecule has 0 radical (unpaired) electrons. The van der Waals surface area contributed by atoms with Gasteiger partial charge < -0.3 is 9.88 Å². The highest BCUT2D eigenvalue weighted by molar-refractivity contribution is 6.41. The molecule has 128 valence electrons. The monoisotopic (exact) mass is 368 g/mol. The number of aromatic amines is 1. The Morgan fingerprint density at radius 1 is 1.33 bits per heavy atom. The Balaban J connectivity index is 1.95. The van der Waals surface area contributed by atoms with Crippen molar-refractivity contribution in [3.63, 3.8) is 0 Å². The molecular weight excluding hydrogens is 351 g/mol. The number of anilines is 1. The second kappa shape index (κ2) is 5.82. The molecule has 0 aliphatic carbocycles. The number of aromatic nitrogens is 5. The number of halogens is 2. The lowest BCUT2D eigenvalue weighted by atomic mass is 10.1. The van der Waals surface area contributed by atoms with Gasteiger partial charge in [0.15, 0.2) is 5.65 Å². The van der Waals surface area contributed by atoms with Gasteiger partial charge in [0.1, 0.15) is 10.5 Å². The fourth-order valence-electron chi connectivity index (χ4n) is 2.43.